The Kier molecular flexibility index (Phi) is 6.42. The average molecular weight is 686 g/mol. The first kappa shape index (κ1) is 31.7. The first-order valence-electron chi connectivity index (χ1n) is 18.5. The number of carbonyl (C=O) groups is 2. The minimum atomic E-state index is -0.206. The van der Waals surface area contributed by atoms with E-state index in [1.54, 1.807) is 18.2 Å². The molecule has 10 rings (SSSR count). The van der Waals surface area contributed by atoms with Crippen molar-refractivity contribution >= 4 is 82.5 Å². The van der Waals surface area contributed by atoms with E-state index in [0.717, 1.165) is 32.8 Å². The van der Waals surface area contributed by atoms with Gasteiger partial charge in [-0.2, -0.15) is 0 Å². The second kappa shape index (κ2) is 10.7. The maximum absolute atomic E-state index is 13.4. The molecule has 0 amide bonds. The van der Waals surface area contributed by atoms with Crippen LogP contribution < -0.4 is 0 Å². The van der Waals surface area contributed by atoms with E-state index in [1.165, 1.54) is 54.5 Å². The molecule has 0 saturated carbocycles. The van der Waals surface area contributed by atoms with Gasteiger partial charge < -0.3 is 4.57 Å². The van der Waals surface area contributed by atoms with Crippen LogP contribution in [0.4, 0.5) is 0 Å². The number of ketones is 2. The van der Waals surface area contributed by atoms with Gasteiger partial charge in [0.1, 0.15) is 0 Å². The van der Waals surface area contributed by atoms with Crippen LogP contribution in [0.25, 0.3) is 76.7 Å². The maximum atomic E-state index is 13.4. The molecule has 3 heteroatoms. The molecular weight excluding hydrogens is 647 g/mol. The molecule has 3 nitrogen and oxygen atoms in total. The van der Waals surface area contributed by atoms with Crippen molar-refractivity contribution in [2.24, 2.45) is 0 Å². The summed E-state index contributed by atoms with van der Waals surface area (Å²) in [5, 5.41) is 11.9. The molecule has 8 aromatic carbocycles. The maximum Gasteiger partial charge on any atom is 0.197 e. The first-order valence-corrected chi connectivity index (χ1v) is 18.5. The van der Waals surface area contributed by atoms with Gasteiger partial charge in [-0.05, 0) is 102 Å². The fourth-order valence-corrected chi connectivity index (χ4v) is 8.81. The first-order chi connectivity index (χ1) is 25.4. The van der Waals surface area contributed by atoms with E-state index in [4.69, 9.17) is 0 Å². The summed E-state index contributed by atoms with van der Waals surface area (Å²) < 4.78 is 2.46. The molecule has 1 heterocycles. The molecule has 256 valence electrons. The third kappa shape index (κ3) is 4.47. The van der Waals surface area contributed by atoms with Crippen molar-refractivity contribution in [3.05, 3.63) is 155 Å². The van der Waals surface area contributed by atoms with Crippen molar-refractivity contribution in [2.75, 3.05) is 0 Å². The highest BCUT2D eigenvalue weighted by Crippen LogP contribution is 2.45. The number of hydrogen-bond donors (Lipinski definition) is 0. The van der Waals surface area contributed by atoms with Gasteiger partial charge in [-0.25, -0.2) is 0 Å². The van der Waals surface area contributed by atoms with E-state index in [1.807, 2.05) is 12.1 Å². The summed E-state index contributed by atoms with van der Waals surface area (Å²) in [5.41, 5.74) is 8.34. The Labute approximate surface area is 308 Å². The Morgan fingerprint density at radius 3 is 1.47 bits per heavy atom. The summed E-state index contributed by atoms with van der Waals surface area (Å²) in [5.74, 6) is -0.411. The number of rotatable bonds is 2. The number of nitrogens with zero attached hydrogens (tertiary/aromatic N) is 1. The quantitative estimate of drug-likeness (QED) is 0.0786. The molecule has 0 spiro atoms. The van der Waals surface area contributed by atoms with Gasteiger partial charge in [0.2, 0.25) is 0 Å². The van der Waals surface area contributed by atoms with Crippen LogP contribution in [0.15, 0.2) is 127 Å². The third-order valence-electron chi connectivity index (χ3n) is 11.6. The van der Waals surface area contributed by atoms with Gasteiger partial charge in [-0.3, -0.25) is 9.59 Å². The predicted molar refractivity (Wildman–Crippen MR) is 222 cm³/mol. The van der Waals surface area contributed by atoms with E-state index >= 15 is 0 Å². The summed E-state index contributed by atoms with van der Waals surface area (Å²) in [6, 6.07) is 43.0. The second-order valence-corrected chi connectivity index (χ2v) is 16.9. The van der Waals surface area contributed by atoms with Crippen molar-refractivity contribution < 1.29 is 9.59 Å². The van der Waals surface area contributed by atoms with E-state index in [9.17, 15) is 9.59 Å². The van der Waals surface area contributed by atoms with Crippen LogP contribution in [-0.4, -0.2) is 16.1 Å². The Balaban J connectivity index is 1.24. The number of Topliss-reactive ketones (excluding diaryl/α,β-unsaturated/α-hetero) is 2. The van der Waals surface area contributed by atoms with Gasteiger partial charge in [0.15, 0.2) is 11.6 Å². The van der Waals surface area contributed by atoms with Crippen LogP contribution in [0.2, 0.25) is 0 Å². The van der Waals surface area contributed by atoms with Gasteiger partial charge in [0.05, 0.1) is 22.3 Å². The molecule has 0 radical (unpaired) electrons. The molecule has 0 saturated heterocycles. The van der Waals surface area contributed by atoms with Crippen molar-refractivity contribution in [3.8, 4) is 5.69 Å². The van der Waals surface area contributed by atoms with Crippen LogP contribution in [0, 0.1) is 0 Å². The number of hydrogen-bond acceptors (Lipinski definition) is 2. The number of allylic oxidation sites excluding steroid dienone is 1. The van der Waals surface area contributed by atoms with Gasteiger partial charge in [-0.1, -0.05) is 133 Å². The lowest BCUT2D eigenvalue weighted by atomic mass is 9.85. The standard InChI is InChI=1S/C50H39NO2/c1-49(2,3)29-18-22-43-39(26-29)40-27-30(50(4,5)6)19-23-44(40)51(43)42-24-21-35-34-20-17-28(25-41-47(52)36-11-7-8-12-37(36)48(41)53)31-13-9-14-32(45(31)34)33-15-10-16-38(42)46(33)35/h7-27H,1-6H3. The fourth-order valence-electron chi connectivity index (χ4n) is 8.81. The molecule has 1 aromatic heterocycles. The lowest BCUT2D eigenvalue weighted by Gasteiger charge is -2.20. The van der Waals surface area contributed by atoms with Gasteiger partial charge in [0, 0.05) is 27.3 Å². The highest BCUT2D eigenvalue weighted by Gasteiger charge is 2.33. The summed E-state index contributed by atoms with van der Waals surface area (Å²) in [4.78, 5) is 26.7. The molecule has 0 fully saturated rings. The van der Waals surface area contributed by atoms with Crippen LogP contribution in [0.5, 0.6) is 0 Å². The molecule has 1 aliphatic carbocycles. The zero-order valence-electron chi connectivity index (χ0n) is 30.9. The molecule has 0 N–H and O–H groups in total. The van der Waals surface area contributed by atoms with E-state index in [-0.39, 0.29) is 28.0 Å². The Bertz CT molecular complexity index is 2970. The van der Waals surface area contributed by atoms with E-state index in [2.05, 4.69) is 143 Å². The lowest BCUT2D eigenvalue weighted by Crippen LogP contribution is -2.10. The summed E-state index contributed by atoms with van der Waals surface area (Å²) in [7, 11) is 0. The molecular formula is C50H39NO2. The largest absolute Gasteiger partial charge is 0.309 e. The molecule has 0 atom stereocenters. The Hall–Kier alpha value is -6.06. The normalized spacial score (nSPS) is 13.9. The number of fused-ring (bicyclic) bond motifs is 6. The highest BCUT2D eigenvalue weighted by molar-refractivity contribution is 6.42. The Morgan fingerprint density at radius 2 is 0.925 bits per heavy atom. The smallest absolute Gasteiger partial charge is 0.197 e. The second-order valence-electron chi connectivity index (χ2n) is 16.9. The van der Waals surface area contributed by atoms with Crippen molar-refractivity contribution in [3.63, 3.8) is 0 Å². The number of carbonyl (C=O) groups excluding carboxylic acids is 2. The van der Waals surface area contributed by atoms with Crippen molar-refractivity contribution in [2.45, 2.75) is 52.4 Å². The Morgan fingerprint density at radius 1 is 0.453 bits per heavy atom. The minimum absolute atomic E-state index is 0.0301. The summed E-state index contributed by atoms with van der Waals surface area (Å²) in [6.45, 7) is 13.7. The van der Waals surface area contributed by atoms with Gasteiger partial charge in [0.25, 0.3) is 0 Å². The fraction of sp³-hybridized carbons (Fsp3) is 0.160. The monoisotopic (exact) mass is 685 g/mol. The van der Waals surface area contributed by atoms with Crippen LogP contribution >= 0.6 is 0 Å². The summed E-state index contributed by atoms with van der Waals surface area (Å²) in [6.07, 6.45) is 1.80. The third-order valence-corrected chi connectivity index (χ3v) is 11.6. The number of aromatic nitrogens is 1. The highest BCUT2D eigenvalue weighted by atomic mass is 16.2. The predicted octanol–water partition coefficient (Wildman–Crippen LogP) is 12.9. The van der Waals surface area contributed by atoms with Crippen molar-refractivity contribution in [1.29, 1.82) is 0 Å². The van der Waals surface area contributed by atoms with Crippen LogP contribution in [0.3, 0.4) is 0 Å². The number of benzene rings is 8. The summed E-state index contributed by atoms with van der Waals surface area (Å²) >= 11 is 0. The topological polar surface area (TPSA) is 39.1 Å². The molecule has 0 bridgehead atoms. The van der Waals surface area contributed by atoms with Crippen molar-refractivity contribution in [1.82, 2.24) is 4.57 Å². The van der Waals surface area contributed by atoms with Gasteiger partial charge >= 0.3 is 0 Å². The molecule has 0 aliphatic heterocycles. The molecule has 9 aromatic rings. The zero-order valence-corrected chi connectivity index (χ0v) is 30.9. The molecule has 53 heavy (non-hydrogen) atoms. The zero-order chi connectivity index (χ0) is 36.6. The SMILES string of the molecule is CC(C)(C)c1ccc2c(c1)c1cc(C(C)(C)C)ccc1n2-c1ccc2c3ccc(C=C4C(=O)c5ccccc5C4=O)c4cccc(c5cccc1c52)c43. The van der Waals surface area contributed by atoms with Crippen LogP contribution in [-0.2, 0) is 10.8 Å². The average Bonchev–Trinajstić information content (AvgIpc) is 3.59. The van der Waals surface area contributed by atoms with E-state index < -0.39 is 0 Å². The van der Waals surface area contributed by atoms with E-state index in [0.29, 0.717) is 11.1 Å². The van der Waals surface area contributed by atoms with Crippen LogP contribution in [0.1, 0.15) is 78.9 Å². The molecule has 0 unspecified atom stereocenters. The molecule has 1 aliphatic rings. The lowest BCUT2D eigenvalue weighted by molar-refractivity contribution is 0.0990. The minimum Gasteiger partial charge on any atom is -0.309 e. The van der Waals surface area contributed by atoms with Gasteiger partial charge in [-0.15, -0.1) is 0 Å².